The topological polar surface area (TPSA) is 54.5 Å². The van der Waals surface area contributed by atoms with Crippen molar-refractivity contribution in [2.24, 2.45) is 0 Å². The van der Waals surface area contributed by atoms with E-state index >= 15 is 0 Å². The molecule has 1 fully saturated rings. The summed E-state index contributed by atoms with van der Waals surface area (Å²) in [6.07, 6.45) is 2.58. The summed E-state index contributed by atoms with van der Waals surface area (Å²) >= 11 is 0. The largest absolute Gasteiger partial charge is 0.457 e. The molecule has 0 spiro atoms. The Morgan fingerprint density at radius 1 is 1.09 bits per heavy atom. The first kappa shape index (κ1) is 14.5. The van der Waals surface area contributed by atoms with Gasteiger partial charge < -0.3 is 15.0 Å². The van der Waals surface area contributed by atoms with Gasteiger partial charge in [-0.25, -0.2) is 0 Å². The van der Waals surface area contributed by atoms with Gasteiger partial charge in [0, 0.05) is 31.9 Å². The first-order chi connectivity index (χ1) is 10.8. The van der Waals surface area contributed by atoms with Gasteiger partial charge in [-0.1, -0.05) is 18.2 Å². The van der Waals surface area contributed by atoms with Gasteiger partial charge in [-0.05, 0) is 31.2 Å². The molecule has 1 saturated heterocycles. The van der Waals surface area contributed by atoms with Gasteiger partial charge in [0.25, 0.3) is 5.91 Å². The van der Waals surface area contributed by atoms with E-state index in [4.69, 9.17) is 4.74 Å². The summed E-state index contributed by atoms with van der Waals surface area (Å²) in [6.45, 7) is 3.25. The molecule has 0 radical (unpaired) electrons. The van der Waals surface area contributed by atoms with Gasteiger partial charge in [0.15, 0.2) is 0 Å². The molecule has 114 valence electrons. The van der Waals surface area contributed by atoms with Gasteiger partial charge in [0.05, 0.1) is 0 Å². The van der Waals surface area contributed by atoms with Crippen LogP contribution in [-0.2, 0) is 0 Å². The third-order valence-electron chi connectivity index (χ3n) is 3.56. The standard InChI is InChI=1S/C17H19N3O2/c21-17(20-11-4-8-18-10-12-20)16-13-15(7-9-19-16)22-14-5-2-1-3-6-14/h1-3,5-7,9,13,18H,4,8,10-12H2. The van der Waals surface area contributed by atoms with Gasteiger partial charge in [-0.2, -0.15) is 0 Å². The maximum Gasteiger partial charge on any atom is 0.272 e. The minimum absolute atomic E-state index is 0.0396. The lowest BCUT2D eigenvalue weighted by atomic mass is 10.2. The van der Waals surface area contributed by atoms with Gasteiger partial charge in [-0.3, -0.25) is 9.78 Å². The fourth-order valence-electron chi connectivity index (χ4n) is 2.43. The number of carbonyl (C=O) groups excluding carboxylic acids is 1. The predicted molar refractivity (Wildman–Crippen MR) is 84.1 cm³/mol. The van der Waals surface area contributed by atoms with Crippen LogP contribution >= 0.6 is 0 Å². The van der Waals surface area contributed by atoms with Crippen LogP contribution in [0.1, 0.15) is 16.9 Å². The molecule has 5 heteroatoms. The van der Waals surface area contributed by atoms with Crippen molar-refractivity contribution < 1.29 is 9.53 Å². The normalized spacial score (nSPS) is 15.2. The highest BCUT2D eigenvalue weighted by Crippen LogP contribution is 2.21. The summed E-state index contributed by atoms with van der Waals surface area (Å²) in [7, 11) is 0. The number of carbonyl (C=O) groups is 1. The lowest BCUT2D eigenvalue weighted by molar-refractivity contribution is 0.0760. The SMILES string of the molecule is O=C(c1cc(Oc2ccccc2)ccn1)N1CCCNCC1. The van der Waals surface area contributed by atoms with Crippen LogP contribution in [0.15, 0.2) is 48.7 Å². The molecule has 0 bridgehead atoms. The predicted octanol–water partition coefficient (Wildman–Crippen LogP) is 2.31. The number of pyridine rings is 1. The molecule has 1 aromatic heterocycles. The van der Waals surface area contributed by atoms with Gasteiger partial charge in [0.2, 0.25) is 0 Å². The van der Waals surface area contributed by atoms with E-state index in [1.54, 1.807) is 18.3 Å². The van der Waals surface area contributed by atoms with Crippen LogP contribution in [-0.4, -0.2) is 42.0 Å². The van der Waals surface area contributed by atoms with Crippen LogP contribution in [0.5, 0.6) is 11.5 Å². The van der Waals surface area contributed by atoms with E-state index in [1.165, 1.54) is 0 Å². The van der Waals surface area contributed by atoms with E-state index in [-0.39, 0.29) is 5.91 Å². The van der Waals surface area contributed by atoms with E-state index < -0.39 is 0 Å². The third-order valence-corrected chi connectivity index (χ3v) is 3.56. The molecule has 1 aromatic carbocycles. The Morgan fingerprint density at radius 3 is 2.82 bits per heavy atom. The van der Waals surface area contributed by atoms with Crippen LogP contribution in [0.3, 0.4) is 0 Å². The van der Waals surface area contributed by atoms with Gasteiger partial charge in [0.1, 0.15) is 17.2 Å². The van der Waals surface area contributed by atoms with E-state index in [9.17, 15) is 4.79 Å². The van der Waals surface area contributed by atoms with E-state index in [1.807, 2.05) is 35.2 Å². The maximum absolute atomic E-state index is 12.5. The molecular formula is C17H19N3O2. The van der Waals surface area contributed by atoms with Crippen LogP contribution < -0.4 is 10.1 Å². The van der Waals surface area contributed by atoms with Gasteiger partial charge in [-0.15, -0.1) is 0 Å². The lowest BCUT2D eigenvalue weighted by Gasteiger charge is -2.19. The second-order valence-corrected chi connectivity index (χ2v) is 5.19. The summed E-state index contributed by atoms with van der Waals surface area (Å²) < 4.78 is 5.76. The molecule has 2 aromatic rings. The van der Waals surface area contributed by atoms with Gasteiger partial charge >= 0.3 is 0 Å². The Balaban J connectivity index is 1.74. The molecule has 5 nitrogen and oxygen atoms in total. The first-order valence-corrected chi connectivity index (χ1v) is 7.52. The van der Waals surface area contributed by atoms with Crippen molar-refractivity contribution in [1.82, 2.24) is 15.2 Å². The van der Waals surface area contributed by atoms with Crippen molar-refractivity contribution in [2.45, 2.75) is 6.42 Å². The summed E-state index contributed by atoms with van der Waals surface area (Å²) in [4.78, 5) is 18.6. The Morgan fingerprint density at radius 2 is 1.95 bits per heavy atom. The molecule has 3 rings (SSSR count). The molecule has 0 aliphatic carbocycles. The highest BCUT2D eigenvalue weighted by atomic mass is 16.5. The zero-order valence-electron chi connectivity index (χ0n) is 12.4. The first-order valence-electron chi connectivity index (χ1n) is 7.52. The summed E-state index contributed by atoms with van der Waals surface area (Å²) in [5.74, 6) is 1.32. The van der Waals surface area contributed by atoms with Crippen molar-refractivity contribution in [1.29, 1.82) is 0 Å². The molecule has 0 saturated carbocycles. The average molecular weight is 297 g/mol. The van der Waals surface area contributed by atoms with Crippen molar-refractivity contribution in [3.8, 4) is 11.5 Å². The quantitative estimate of drug-likeness (QED) is 0.944. The number of rotatable bonds is 3. The van der Waals surface area contributed by atoms with E-state index in [0.29, 0.717) is 18.0 Å². The molecule has 1 aliphatic rings. The Bertz CT molecular complexity index is 623. The zero-order chi connectivity index (χ0) is 15.2. The fourth-order valence-corrected chi connectivity index (χ4v) is 2.43. The molecule has 1 amide bonds. The highest BCUT2D eigenvalue weighted by molar-refractivity contribution is 5.92. The zero-order valence-corrected chi connectivity index (χ0v) is 12.4. The Kier molecular flexibility index (Phi) is 4.65. The fraction of sp³-hybridized carbons (Fsp3) is 0.294. The summed E-state index contributed by atoms with van der Waals surface area (Å²) in [6, 6.07) is 13.0. The molecule has 1 aliphatic heterocycles. The maximum atomic E-state index is 12.5. The van der Waals surface area contributed by atoms with E-state index in [2.05, 4.69) is 10.3 Å². The van der Waals surface area contributed by atoms with Crippen LogP contribution in [0.4, 0.5) is 0 Å². The molecule has 22 heavy (non-hydrogen) atoms. The number of hydrogen-bond acceptors (Lipinski definition) is 4. The van der Waals surface area contributed by atoms with Crippen molar-refractivity contribution in [3.05, 3.63) is 54.4 Å². The lowest BCUT2D eigenvalue weighted by Crippen LogP contribution is -2.34. The van der Waals surface area contributed by atoms with Crippen LogP contribution in [0, 0.1) is 0 Å². The molecular weight excluding hydrogens is 278 g/mol. The van der Waals surface area contributed by atoms with Crippen molar-refractivity contribution in [3.63, 3.8) is 0 Å². The number of ether oxygens (including phenoxy) is 1. The Hall–Kier alpha value is -2.40. The second-order valence-electron chi connectivity index (χ2n) is 5.19. The highest BCUT2D eigenvalue weighted by Gasteiger charge is 2.18. The monoisotopic (exact) mass is 297 g/mol. The molecule has 0 unspecified atom stereocenters. The average Bonchev–Trinajstić information content (AvgIpc) is 2.85. The number of benzene rings is 1. The summed E-state index contributed by atoms with van der Waals surface area (Å²) in [5, 5.41) is 3.29. The number of hydrogen-bond donors (Lipinski definition) is 1. The Labute approximate surface area is 129 Å². The molecule has 1 N–H and O–H groups in total. The number of amides is 1. The third kappa shape index (κ3) is 3.62. The minimum Gasteiger partial charge on any atom is -0.457 e. The smallest absolute Gasteiger partial charge is 0.272 e. The molecule has 0 atom stereocenters. The number of para-hydroxylation sites is 1. The number of aromatic nitrogens is 1. The van der Waals surface area contributed by atoms with Crippen LogP contribution in [0.2, 0.25) is 0 Å². The van der Waals surface area contributed by atoms with E-state index in [0.717, 1.165) is 31.8 Å². The number of nitrogens with zero attached hydrogens (tertiary/aromatic N) is 2. The minimum atomic E-state index is -0.0396. The summed E-state index contributed by atoms with van der Waals surface area (Å²) in [5.41, 5.74) is 0.426. The molecule has 2 heterocycles. The second kappa shape index (κ2) is 7.04. The van der Waals surface area contributed by atoms with Crippen molar-refractivity contribution >= 4 is 5.91 Å². The van der Waals surface area contributed by atoms with Crippen molar-refractivity contribution in [2.75, 3.05) is 26.2 Å². The number of nitrogens with one attached hydrogen (secondary N) is 1. The van der Waals surface area contributed by atoms with Crippen LogP contribution in [0.25, 0.3) is 0 Å².